The number of amides is 1. The van der Waals surface area contributed by atoms with Gasteiger partial charge in [-0.05, 0) is 31.7 Å². The van der Waals surface area contributed by atoms with Crippen molar-refractivity contribution in [2.75, 3.05) is 39.9 Å². The molecule has 1 heterocycles. The predicted octanol–water partition coefficient (Wildman–Crippen LogP) is 2.04. The standard InChI is InChI=1S/C15H30N2O2/c1-3-5-14-6-7-15(18)17(12-8-14)11-4-9-16-10-13-19-2/h14,16H,3-13H2,1-2H3. The molecule has 0 radical (unpaired) electrons. The van der Waals surface area contributed by atoms with E-state index < -0.39 is 0 Å². The maximum atomic E-state index is 12.0. The van der Waals surface area contributed by atoms with Gasteiger partial charge in [0.05, 0.1) is 6.61 Å². The van der Waals surface area contributed by atoms with Crippen molar-refractivity contribution in [3.63, 3.8) is 0 Å². The Morgan fingerprint density at radius 3 is 2.95 bits per heavy atom. The number of carbonyl (C=O) groups is 1. The molecule has 0 saturated carbocycles. The molecule has 0 aromatic heterocycles. The minimum atomic E-state index is 0.357. The summed E-state index contributed by atoms with van der Waals surface area (Å²) in [6.45, 7) is 6.70. The molecule has 0 aromatic rings. The highest BCUT2D eigenvalue weighted by Gasteiger charge is 2.21. The Hall–Kier alpha value is -0.610. The van der Waals surface area contributed by atoms with Gasteiger partial charge in [0.15, 0.2) is 0 Å². The van der Waals surface area contributed by atoms with Crippen LogP contribution in [0.2, 0.25) is 0 Å². The second-order valence-corrected chi connectivity index (χ2v) is 5.46. The van der Waals surface area contributed by atoms with Crippen LogP contribution in [0, 0.1) is 5.92 Å². The molecule has 4 heteroatoms. The fourth-order valence-corrected chi connectivity index (χ4v) is 2.72. The monoisotopic (exact) mass is 270 g/mol. The van der Waals surface area contributed by atoms with Crippen LogP contribution in [0.4, 0.5) is 0 Å². The summed E-state index contributed by atoms with van der Waals surface area (Å²) in [5.74, 6) is 1.12. The average molecular weight is 270 g/mol. The average Bonchev–Trinajstić information content (AvgIpc) is 2.58. The summed E-state index contributed by atoms with van der Waals surface area (Å²) in [5.41, 5.74) is 0. The molecule has 112 valence electrons. The number of hydrogen-bond acceptors (Lipinski definition) is 3. The van der Waals surface area contributed by atoms with Gasteiger partial charge in [0, 0.05) is 33.2 Å². The Labute approximate surface area is 117 Å². The molecule has 19 heavy (non-hydrogen) atoms. The van der Waals surface area contributed by atoms with Crippen LogP contribution in [-0.4, -0.2) is 50.7 Å². The molecule has 1 N–H and O–H groups in total. The third-order valence-electron chi connectivity index (χ3n) is 3.89. The molecule has 1 saturated heterocycles. The number of nitrogens with zero attached hydrogens (tertiary/aromatic N) is 1. The third-order valence-corrected chi connectivity index (χ3v) is 3.89. The van der Waals surface area contributed by atoms with Gasteiger partial charge in [0.25, 0.3) is 0 Å². The van der Waals surface area contributed by atoms with E-state index in [0.717, 1.165) is 58.0 Å². The number of methoxy groups -OCH3 is 1. The molecule has 4 nitrogen and oxygen atoms in total. The second-order valence-electron chi connectivity index (χ2n) is 5.46. The smallest absolute Gasteiger partial charge is 0.222 e. The SMILES string of the molecule is CCCC1CCC(=O)N(CCCNCCOC)CC1. The van der Waals surface area contributed by atoms with Gasteiger partial charge in [-0.2, -0.15) is 0 Å². The molecule has 1 unspecified atom stereocenters. The van der Waals surface area contributed by atoms with Crippen LogP contribution in [0.15, 0.2) is 0 Å². The first kappa shape index (κ1) is 16.4. The van der Waals surface area contributed by atoms with Crippen molar-refractivity contribution in [2.45, 2.75) is 45.4 Å². The van der Waals surface area contributed by atoms with Crippen molar-refractivity contribution in [1.29, 1.82) is 0 Å². The highest BCUT2D eigenvalue weighted by Crippen LogP contribution is 2.22. The quantitative estimate of drug-likeness (QED) is 0.652. The van der Waals surface area contributed by atoms with Crippen LogP contribution in [0.3, 0.4) is 0 Å². The first-order chi connectivity index (χ1) is 9.27. The van der Waals surface area contributed by atoms with Crippen molar-refractivity contribution in [2.24, 2.45) is 5.92 Å². The lowest BCUT2D eigenvalue weighted by molar-refractivity contribution is -0.130. The minimum absolute atomic E-state index is 0.357. The summed E-state index contributed by atoms with van der Waals surface area (Å²) in [4.78, 5) is 14.1. The zero-order valence-corrected chi connectivity index (χ0v) is 12.6. The number of nitrogens with one attached hydrogen (secondary N) is 1. The third kappa shape index (κ3) is 6.92. The molecule has 1 atom stereocenters. The molecule has 1 fully saturated rings. The number of rotatable bonds is 9. The maximum Gasteiger partial charge on any atom is 0.222 e. The molecule has 0 spiro atoms. The fraction of sp³-hybridized carbons (Fsp3) is 0.933. The fourth-order valence-electron chi connectivity index (χ4n) is 2.72. The van der Waals surface area contributed by atoms with Crippen LogP contribution in [0.1, 0.15) is 45.4 Å². The zero-order chi connectivity index (χ0) is 13.9. The Morgan fingerprint density at radius 1 is 1.37 bits per heavy atom. The predicted molar refractivity (Wildman–Crippen MR) is 78.2 cm³/mol. The molecule has 1 rings (SSSR count). The molecule has 1 aliphatic heterocycles. The van der Waals surface area contributed by atoms with E-state index in [-0.39, 0.29) is 0 Å². The Bertz CT molecular complexity index is 246. The van der Waals surface area contributed by atoms with Crippen LogP contribution in [-0.2, 0) is 9.53 Å². The molecule has 0 aromatic carbocycles. The molecule has 1 aliphatic rings. The molecule has 0 aliphatic carbocycles. The number of carbonyl (C=O) groups excluding carboxylic acids is 1. The number of ether oxygens (including phenoxy) is 1. The van der Waals surface area contributed by atoms with Gasteiger partial charge in [-0.3, -0.25) is 4.79 Å². The molecule has 1 amide bonds. The summed E-state index contributed by atoms with van der Waals surface area (Å²) in [6, 6.07) is 0. The number of likely N-dealkylation sites (tertiary alicyclic amines) is 1. The van der Waals surface area contributed by atoms with Crippen molar-refractivity contribution < 1.29 is 9.53 Å². The van der Waals surface area contributed by atoms with Gasteiger partial charge in [0.2, 0.25) is 5.91 Å². The van der Waals surface area contributed by atoms with E-state index >= 15 is 0 Å². The van der Waals surface area contributed by atoms with Gasteiger partial charge < -0.3 is 15.0 Å². The number of hydrogen-bond donors (Lipinski definition) is 1. The van der Waals surface area contributed by atoms with E-state index in [9.17, 15) is 4.79 Å². The summed E-state index contributed by atoms with van der Waals surface area (Å²) in [5, 5.41) is 3.32. The Morgan fingerprint density at radius 2 is 2.21 bits per heavy atom. The van der Waals surface area contributed by atoms with Crippen molar-refractivity contribution >= 4 is 5.91 Å². The highest BCUT2D eigenvalue weighted by atomic mass is 16.5. The van der Waals surface area contributed by atoms with E-state index in [1.165, 1.54) is 19.3 Å². The molecular formula is C15H30N2O2. The van der Waals surface area contributed by atoms with E-state index in [2.05, 4.69) is 17.1 Å². The highest BCUT2D eigenvalue weighted by molar-refractivity contribution is 5.76. The van der Waals surface area contributed by atoms with Crippen molar-refractivity contribution in [3.8, 4) is 0 Å². The van der Waals surface area contributed by atoms with Crippen molar-refractivity contribution in [1.82, 2.24) is 10.2 Å². The maximum absolute atomic E-state index is 12.0. The lowest BCUT2D eigenvalue weighted by Gasteiger charge is -2.21. The van der Waals surface area contributed by atoms with Crippen LogP contribution in [0.5, 0.6) is 0 Å². The van der Waals surface area contributed by atoms with E-state index in [0.29, 0.717) is 5.91 Å². The summed E-state index contributed by atoms with van der Waals surface area (Å²) in [6.07, 6.45) is 6.59. The minimum Gasteiger partial charge on any atom is -0.383 e. The van der Waals surface area contributed by atoms with E-state index in [4.69, 9.17) is 4.74 Å². The van der Waals surface area contributed by atoms with E-state index in [1.807, 2.05) is 0 Å². The molecule has 0 bridgehead atoms. The summed E-state index contributed by atoms with van der Waals surface area (Å²) in [7, 11) is 1.71. The largest absolute Gasteiger partial charge is 0.383 e. The van der Waals surface area contributed by atoms with Crippen LogP contribution >= 0.6 is 0 Å². The van der Waals surface area contributed by atoms with Gasteiger partial charge in [-0.15, -0.1) is 0 Å². The van der Waals surface area contributed by atoms with E-state index in [1.54, 1.807) is 7.11 Å². The zero-order valence-electron chi connectivity index (χ0n) is 12.6. The normalized spacial score (nSPS) is 20.6. The summed E-state index contributed by atoms with van der Waals surface area (Å²) >= 11 is 0. The van der Waals surface area contributed by atoms with Gasteiger partial charge in [-0.25, -0.2) is 0 Å². The summed E-state index contributed by atoms with van der Waals surface area (Å²) < 4.78 is 4.98. The lowest BCUT2D eigenvalue weighted by atomic mass is 9.96. The topological polar surface area (TPSA) is 41.6 Å². The van der Waals surface area contributed by atoms with Gasteiger partial charge in [0.1, 0.15) is 0 Å². The first-order valence-corrected chi connectivity index (χ1v) is 7.75. The van der Waals surface area contributed by atoms with Crippen LogP contribution < -0.4 is 5.32 Å². The van der Waals surface area contributed by atoms with Gasteiger partial charge in [-0.1, -0.05) is 19.8 Å². The van der Waals surface area contributed by atoms with Gasteiger partial charge >= 0.3 is 0 Å². The Kier molecular flexibility index (Phi) is 8.84. The Balaban J connectivity index is 2.16. The van der Waals surface area contributed by atoms with Crippen molar-refractivity contribution in [3.05, 3.63) is 0 Å². The van der Waals surface area contributed by atoms with Crippen LogP contribution in [0.25, 0.3) is 0 Å². The second kappa shape index (κ2) is 10.2. The lowest BCUT2D eigenvalue weighted by Crippen LogP contribution is -2.33. The molecular weight excluding hydrogens is 240 g/mol. The first-order valence-electron chi connectivity index (χ1n) is 7.75.